The Morgan fingerprint density at radius 2 is 0.967 bits per heavy atom. The Balaban J connectivity index is 0.918. The minimum Gasteiger partial charge on any atom is -0.449 e. The molecule has 0 saturated heterocycles. The van der Waals surface area contributed by atoms with Crippen LogP contribution in [0.5, 0.6) is 23.0 Å². The van der Waals surface area contributed by atoms with E-state index in [1.165, 1.54) is 33.4 Å². The molecular formula is C57H40N2O2. The number of aromatic nitrogens is 1. The topological polar surface area (TPSA) is 26.6 Å². The average molecular weight is 785 g/mol. The van der Waals surface area contributed by atoms with Gasteiger partial charge in [0.2, 0.25) is 0 Å². The van der Waals surface area contributed by atoms with E-state index in [-0.39, 0.29) is 5.41 Å². The number of benzene rings is 9. The molecule has 0 fully saturated rings. The summed E-state index contributed by atoms with van der Waals surface area (Å²) in [6.45, 7) is 4.69. The zero-order valence-electron chi connectivity index (χ0n) is 33.8. The first-order valence-corrected chi connectivity index (χ1v) is 20.9. The number of ether oxygens (including phenoxy) is 2. The predicted octanol–water partition coefficient (Wildman–Crippen LogP) is 15.8. The fourth-order valence-corrected chi connectivity index (χ4v) is 9.62. The van der Waals surface area contributed by atoms with Crippen LogP contribution in [0.3, 0.4) is 0 Å². The van der Waals surface area contributed by atoms with Crippen molar-refractivity contribution in [3.8, 4) is 62.1 Å². The Kier molecular flexibility index (Phi) is 7.85. The van der Waals surface area contributed by atoms with Gasteiger partial charge in [-0.2, -0.15) is 0 Å². The lowest BCUT2D eigenvalue weighted by Gasteiger charge is -2.28. The summed E-state index contributed by atoms with van der Waals surface area (Å²) in [7, 11) is 0. The lowest BCUT2D eigenvalue weighted by molar-refractivity contribution is 0.362. The molecule has 0 radical (unpaired) electrons. The van der Waals surface area contributed by atoms with Gasteiger partial charge in [0.15, 0.2) is 23.0 Å². The van der Waals surface area contributed by atoms with Crippen molar-refractivity contribution in [3.05, 3.63) is 217 Å². The molecule has 0 spiro atoms. The van der Waals surface area contributed by atoms with Gasteiger partial charge in [-0.05, 0) is 123 Å². The van der Waals surface area contributed by atoms with Crippen molar-refractivity contribution < 1.29 is 9.47 Å². The maximum atomic E-state index is 6.59. The molecule has 4 nitrogen and oxygen atoms in total. The van der Waals surface area contributed by atoms with Crippen molar-refractivity contribution >= 4 is 38.9 Å². The first-order valence-electron chi connectivity index (χ1n) is 20.9. The third-order valence-electron chi connectivity index (χ3n) is 12.7. The zero-order chi connectivity index (χ0) is 40.7. The van der Waals surface area contributed by atoms with Crippen LogP contribution in [0.4, 0.5) is 17.1 Å². The van der Waals surface area contributed by atoms with Gasteiger partial charge in [-0.25, -0.2) is 0 Å². The van der Waals surface area contributed by atoms with Gasteiger partial charge < -0.3 is 18.9 Å². The minimum absolute atomic E-state index is 0.106. The van der Waals surface area contributed by atoms with Crippen LogP contribution >= 0.6 is 0 Å². The highest BCUT2D eigenvalue weighted by atomic mass is 16.6. The summed E-state index contributed by atoms with van der Waals surface area (Å²) in [6.07, 6.45) is 0. The molecule has 10 aromatic rings. The summed E-state index contributed by atoms with van der Waals surface area (Å²) in [5, 5.41) is 2.28. The third kappa shape index (κ3) is 5.60. The maximum Gasteiger partial charge on any atom is 0.194 e. The molecule has 2 aliphatic rings. The van der Waals surface area contributed by atoms with E-state index < -0.39 is 0 Å². The molecule has 2 heterocycles. The number of anilines is 3. The van der Waals surface area contributed by atoms with Gasteiger partial charge in [0.1, 0.15) is 5.52 Å². The number of hydrogen-bond acceptors (Lipinski definition) is 3. The van der Waals surface area contributed by atoms with Gasteiger partial charge >= 0.3 is 0 Å². The van der Waals surface area contributed by atoms with E-state index in [1.807, 2.05) is 30.3 Å². The van der Waals surface area contributed by atoms with Gasteiger partial charge in [0.05, 0.1) is 5.52 Å². The number of nitrogens with zero attached hydrogens (tertiary/aromatic N) is 2. The first-order chi connectivity index (χ1) is 30.0. The highest BCUT2D eigenvalue weighted by molar-refractivity contribution is 6.12. The van der Waals surface area contributed by atoms with Crippen molar-refractivity contribution in [1.29, 1.82) is 0 Å². The number of rotatable bonds is 6. The van der Waals surface area contributed by atoms with Crippen LogP contribution in [-0.4, -0.2) is 4.57 Å². The van der Waals surface area contributed by atoms with Crippen LogP contribution in [0, 0.1) is 0 Å². The van der Waals surface area contributed by atoms with E-state index in [9.17, 15) is 0 Å². The molecular weight excluding hydrogens is 745 g/mol. The van der Waals surface area contributed by atoms with Crippen molar-refractivity contribution in [3.63, 3.8) is 0 Å². The predicted molar refractivity (Wildman–Crippen MR) is 250 cm³/mol. The van der Waals surface area contributed by atoms with Crippen LogP contribution in [-0.2, 0) is 5.41 Å². The van der Waals surface area contributed by atoms with E-state index in [0.717, 1.165) is 67.2 Å². The second-order valence-corrected chi connectivity index (χ2v) is 16.5. The zero-order valence-corrected chi connectivity index (χ0v) is 33.8. The summed E-state index contributed by atoms with van der Waals surface area (Å²) in [5.74, 6) is 2.87. The van der Waals surface area contributed by atoms with E-state index in [4.69, 9.17) is 9.47 Å². The molecule has 0 N–H and O–H groups in total. The van der Waals surface area contributed by atoms with Gasteiger partial charge in [0, 0.05) is 38.9 Å². The first kappa shape index (κ1) is 35.2. The molecule has 0 bridgehead atoms. The number of hydrogen-bond donors (Lipinski definition) is 0. The van der Waals surface area contributed by atoms with E-state index in [2.05, 4.69) is 199 Å². The molecule has 61 heavy (non-hydrogen) atoms. The normalized spacial score (nSPS) is 13.1. The van der Waals surface area contributed by atoms with Crippen molar-refractivity contribution in [2.24, 2.45) is 0 Å². The average Bonchev–Trinajstić information content (AvgIpc) is 3.78. The minimum atomic E-state index is -0.106. The van der Waals surface area contributed by atoms with Gasteiger partial charge in [-0.3, -0.25) is 0 Å². The Hall–Kier alpha value is -7.82. The number of fused-ring (bicyclic) bond motifs is 9. The Labute approximate surface area is 355 Å². The molecule has 9 aromatic carbocycles. The van der Waals surface area contributed by atoms with Gasteiger partial charge in [-0.1, -0.05) is 141 Å². The molecule has 290 valence electrons. The largest absolute Gasteiger partial charge is 0.449 e. The SMILES string of the molecule is CC1(C)c2ccccc2-c2ccc(N(c3ccc(-c4ccccc4)cc3)c3ccc(-c4ccc(-n5c6ccccc6c6ccc7c(c65)Oc5ccccc5O7)cc4)cc3)cc21. The number of para-hydroxylation sites is 3. The Morgan fingerprint density at radius 3 is 1.69 bits per heavy atom. The summed E-state index contributed by atoms with van der Waals surface area (Å²) in [5.41, 5.74) is 16.4. The van der Waals surface area contributed by atoms with Crippen LogP contribution < -0.4 is 14.4 Å². The van der Waals surface area contributed by atoms with Gasteiger partial charge in [0.25, 0.3) is 0 Å². The third-order valence-corrected chi connectivity index (χ3v) is 12.7. The van der Waals surface area contributed by atoms with Crippen LogP contribution in [0.25, 0.3) is 60.9 Å². The second kappa shape index (κ2) is 13.6. The molecule has 1 aliphatic carbocycles. The lowest BCUT2D eigenvalue weighted by Crippen LogP contribution is -2.16. The summed E-state index contributed by atoms with van der Waals surface area (Å²) in [6, 6.07) is 73.7. The van der Waals surface area contributed by atoms with E-state index in [0.29, 0.717) is 11.5 Å². The van der Waals surface area contributed by atoms with Crippen molar-refractivity contribution in [1.82, 2.24) is 4.57 Å². The molecule has 4 heteroatoms. The monoisotopic (exact) mass is 784 g/mol. The second-order valence-electron chi connectivity index (χ2n) is 16.5. The van der Waals surface area contributed by atoms with E-state index in [1.54, 1.807) is 0 Å². The molecule has 0 atom stereocenters. The van der Waals surface area contributed by atoms with Crippen molar-refractivity contribution in [2.75, 3.05) is 4.90 Å². The Bertz CT molecular complexity index is 3310. The molecule has 0 saturated carbocycles. The van der Waals surface area contributed by atoms with Crippen molar-refractivity contribution in [2.45, 2.75) is 19.3 Å². The van der Waals surface area contributed by atoms with Crippen LogP contribution in [0.2, 0.25) is 0 Å². The maximum absolute atomic E-state index is 6.59. The summed E-state index contributed by atoms with van der Waals surface area (Å²) < 4.78 is 15.2. The fourth-order valence-electron chi connectivity index (χ4n) is 9.62. The smallest absolute Gasteiger partial charge is 0.194 e. The van der Waals surface area contributed by atoms with Gasteiger partial charge in [-0.15, -0.1) is 0 Å². The summed E-state index contributed by atoms with van der Waals surface area (Å²) >= 11 is 0. The molecule has 0 amide bonds. The molecule has 1 aliphatic heterocycles. The Morgan fingerprint density at radius 1 is 0.410 bits per heavy atom. The quantitative estimate of drug-likeness (QED) is 0.168. The molecule has 0 unspecified atom stereocenters. The molecule has 1 aromatic heterocycles. The van der Waals surface area contributed by atoms with Crippen LogP contribution in [0.1, 0.15) is 25.0 Å². The highest BCUT2D eigenvalue weighted by Crippen LogP contribution is 2.52. The van der Waals surface area contributed by atoms with Crippen LogP contribution in [0.15, 0.2) is 206 Å². The standard InChI is InChI=1S/C57H40N2O2/c1-57(2)49-16-8-6-14-45(49)46-33-32-44(36-50(46)57)58(41-26-20-38(21-27-41)37-12-4-3-5-13-37)42-28-22-39(23-29-42)40-24-30-43(31-25-40)59-51-17-9-7-15-47(51)48-34-35-54-56(55(48)59)61-53-19-11-10-18-52(53)60-54/h3-36H,1-2H3. The fraction of sp³-hybridized carbons (Fsp3) is 0.0526. The molecule has 12 rings (SSSR count). The highest BCUT2D eigenvalue weighted by Gasteiger charge is 2.36. The summed E-state index contributed by atoms with van der Waals surface area (Å²) in [4.78, 5) is 2.38. The van der Waals surface area contributed by atoms with E-state index >= 15 is 0 Å². The lowest BCUT2D eigenvalue weighted by atomic mass is 9.82.